The van der Waals surface area contributed by atoms with Gasteiger partial charge in [0.2, 0.25) is 5.91 Å². The number of piperidine rings is 1. The number of hydrogen-bond acceptors (Lipinski definition) is 4. The summed E-state index contributed by atoms with van der Waals surface area (Å²) in [4.78, 5) is 39.3. The number of aromatic amines is 1. The molecule has 0 radical (unpaired) electrons. The minimum atomic E-state index is -0.947. The number of imide groups is 1. The summed E-state index contributed by atoms with van der Waals surface area (Å²) < 4.78 is 0. The quantitative estimate of drug-likeness (QED) is 0.790. The first kappa shape index (κ1) is 15.5. The van der Waals surface area contributed by atoms with Crippen LogP contribution < -0.4 is 5.32 Å². The molecule has 3 heterocycles. The summed E-state index contributed by atoms with van der Waals surface area (Å²) in [6.07, 6.45) is 3.58. The Kier molecular flexibility index (Phi) is 3.83. The van der Waals surface area contributed by atoms with Gasteiger partial charge in [0.15, 0.2) is 0 Å². The standard InChI is InChI=1S/C15H21N5O3/c1-15(2)13(22)20(14(23)17-15)9-12(21)19-7-3-4-10(8-19)11-5-6-16-18-11/h5-6,10H,3-4,7-9H2,1-2H3,(H,16,18)(H,17,23). The van der Waals surface area contributed by atoms with Crippen molar-refractivity contribution in [3.05, 3.63) is 18.0 Å². The van der Waals surface area contributed by atoms with Crippen molar-refractivity contribution in [1.29, 1.82) is 0 Å². The Morgan fingerprint density at radius 2 is 2.22 bits per heavy atom. The summed E-state index contributed by atoms with van der Waals surface area (Å²) in [5, 5.41) is 9.49. The fraction of sp³-hybridized carbons (Fsp3) is 0.600. The second kappa shape index (κ2) is 5.68. The summed E-state index contributed by atoms with van der Waals surface area (Å²) in [5.41, 5.74) is 0.0659. The van der Waals surface area contributed by atoms with Gasteiger partial charge in [-0.05, 0) is 32.8 Å². The van der Waals surface area contributed by atoms with Crippen LogP contribution in [0.25, 0.3) is 0 Å². The molecular weight excluding hydrogens is 298 g/mol. The van der Waals surface area contributed by atoms with E-state index in [1.165, 1.54) is 0 Å². The Labute approximate surface area is 134 Å². The van der Waals surface area contributed by atoms with Gasteiger partial charge in [0.05, 0.1) is 0 Å². The number of likely N-dealkylation sites (tertiary alicyclic amines) is 1. The number of nitrogens with zero attached hydrogens (tertiary/aromatic N) is 3. The van der Waals surface area contributed by atoms with Crippen LogP contribution >= 0.6 is 0 Å². The van der Waals surface area contributed by atoms with E-state index in [1.54, 1.807) is 24.9 Å². The summed E-state index contributed by atoms with van der Waals surface area (Å²) in [7, 11) is 0. The Morgan fingerprint density at radius 1 is 1.43 bits per heavy atom. The molecule has 1 atom stereocenters. The van der Waals surface area contributed by atoms with Crippen molar-refractivity contribution in [3.63, 3.8) is 0 Å². The average molecular weight is 319 g/mol. The number of urea groups is 1. The van der Waals surface area contributed by atoms with Gasteiger partial charge in [-0.15, -0.1) is 0 Å². The molecule has 1 aromatic rings. The van der Waals surface area contributed by atoms with E-state index in [-0.39, 0.29) is 24.3 Å². The number of carbonyl (C=O) groups is 3. The number of rotatable bonds is 3. The predicted molar refractivity (Wildman–Crippen MR) is 81.5 cm³/mol. The molecule has 0 aliphatic carbocycles. The zero-order valence-electron chi connectivity index (χ0n) is 13.3. The summed E-state index contributed by atoms with van der Waals surface area (Å²) >= 11 is 0. The van der Waals surface area contributed by atoms with Gasteiger partial charge in [-0.1, -0.05) is 0 Å². The zero-order chi connectivity index (χ0) is 16.6. The van der Waals surface area contributed by atoms with Crippen molar-refractivity contribution in [1.82, 2.24) is 25.3 Å². The van der Waals surface area contributed by atoms with Gasteiger partial charge in [0, 0.05) is 30.9 Å². The fourth-order valence-corrected chi connectivity index (χ4v) is 3.15. The van der Waals surface area contributed by atoms with Gasteiger partial charge in [0.1, 0.15) is 12.1 Å². The molecule has 2 aliphatic rings. The maximum Gasteiger partial charge on any atom is 0.325 e. The first-order valence-corrected chi connectivity index (χ1v) is 7.79. The summed E-state index contributed by atoms with van der Waals surface area (Å²) in [6, 6.07) is 1.41. The van der Waals surface area contributed by atoms with Gasteiger partial charge in [-0.25, -0.2) is 4.79 Å². The van der Waals surface area contributed by atoms with Crippen LogP contribution in [0, 0.1) is 0 Å². The predicted octanol–water partition coefficient (Wildman–Crippen LogP) is 0.446. The molecule has 0 saturated carbocycles. The maximum atomic E-state index is 12.5. The van der Waals surface area contributed by atoms with E-state index in [2.05, 4.69) is 15.5 Å². The monoisotopic (exact) mass is 319 g/mol. The zero-order valence-corrected chi connectivity index (χ0v) is 13.3. The third-order valence-corrected chi connectivity index (χ3v) is 4.47. The highest BCUT2D eigenvalue weighted by Gasteiger charge is 2.45. The largest absolute Gasteiger partial charge is 0.340 e. The molecule has 0 bridgehead atoms. The van der Waals surface area contributed by atoms with E-state index >= 15 is 0 Å². The van der Waals surface area contributed by atoms with Crippen LogP contribution in [-0.2, 0) is 9.59 Å². The van der Waals surface area contributed by atoms with Crippen LogP contribution in [0.4, 0.5) is 4.79 Å². The second-order valence-electron chi connectivity index (χ2n) is 6.64. The molecule has 8 nitrogen and oxygen atoms in total. The van der Waals surface area contributed by atoms with Crippen LogP contribution in [0.1, 0.15) is 38.3 Å². The van der Waals surface area contributed by atoms with E-state index < -0.39 is 11.6 Å². The lowest BCUT2D eigenvalue weighted by Crippen LogP contribution is -2.47. The smallest absolute Gasteiger partial charge is 0.325 e. The SMILES string of the molecule is CC1(C)NC(=O)N(CC(=O)N2CCCC(c3ccn[nH]3)C2)C1=O. The highest BCUT2D eigenvalue weighted by atomic mass is 16.2. The molecule has 124 valence electrons. The molecule has 1 unspecified atom stereocenters. The minimum Gasteiger partial charge on any atom is -0.340 e. The van der Waals surface area contributed by atoms with Crippen LogP contribution in [0.2, 0.25) is 0 Å². The van der Waals surface area contributed by atoms with Crippen LogP contribution in [-0.4, -0.2) is 63.0 Å². The second-order valence-corrected chi connectivity index (χ2v) is 6.64. The van der Waals surface area contributed by atoms with Gasteiger partial charge in [-0.3, -0.25) is 19.6 Å². The third kappa shape index (κ3) is 2.93. The number of H-pyrrole nitrogens is 1. The number of carbonyl (C=O) groups excluding carboxylic acids is 3. The lowest BCUT2D eigenvalue weighted by Gasteiger charge is -2.33. The highest BCUT2D eigenvalue weighted by Crippen LogP contribution is 2.25. The summed E-state index contributed by atoms with van der Waals surface area (Å²) in [6.45, 7) is 4.29. The fourth-order valence-electron chi connectivity index (χ4n) is 3.15. The number of amides is 4. The molecule has 0 aromatic carbocycles. The first-order valence-electron chi connectivity index (χ1n) is 7.79. The molecule has 2 saturated heterocycles. The van der Waals surface area contributed by atoms with Crippen LogP contribution in [0.15, 0.2) is 12.3 Å². The van der Waals surface area contributed by atoms with Gasteiger partial charge in [0.25, 0.3) is 5.91 Å². The number of aromatic nitrogens is 2. The van der Waals surface area contributed by atoms with E-state index in [1.807, 2.05) is 6.07 Å². The lowest BCUT2D eigenvalue weighted by atomic mass is 9.95. The van der Waals surface area contributed by atoms with Gasteiger partial charge < -0.3 is 10.2 Å². The molecule has 2 aliphatic heterocycles. The van der Waals surface area contributed by atoms with Crippen LogP contribution in [0.3, 0.4) is 0 Å². The topological polar surface area (TPSA) is 98.4 Å². The van der Waals surface area contributed by atoms with Crippen molar-refractivity contribution in [2.75, 3.05) is 19.6 Å². The van der Waals surface area contributed by atoms with Crippen molar-refractivity contribution in [3.8, 4) is 0 Å². The molecule has 4 amide bonds. The van der Waals surface area contributed by atoms with Crippen molar-refractivity contribution < 1.29 is 14.4 Å². The molecule has 8 heteroatoms. The Balaban J connectivity index is 1.64. The number of nitrogens with one attached hydrogen (secondary N) is 2. The Hall–Kier alpha value is -2.38. The van der Waals surface area contributed by atoms with E-state index in [4.69, 9.17) is 0 Å². The van der Waals surface area contributed by atoms with Gasteiger partial charge >= 0.3 is 6.03 Å². The maximum absolute atomic E-state index is 12.5. The average Bonchev–Trinajstić information content (AvgIpc) is 3.11. The molecular formula is C15H21N5O3. The minimum absolute atomic E-state index is 0.199. The first-order chi connectivity index (χ1) is 10.9. The Bertz CT molecular complexity index is 625. The van der Waals surface area contributed by atoms with E-state index in [0.29, 0.717) is 13.1 Å². The summed E-state index contributed by atoms with van der Waals surface area (Å²) in [5.74, 6) is -0.344. The molecule has 0 spiro atoms. The lowest BCUT2D eigenvalue weighted by molar-refractivity contribution is -0.139. The van der Waals surface area contributed by atoms with E-state index in [0.717, 1.165) is 23.4 Å². The molecule has 2 fully saturated rings. The normalized spacial score (nSPS) is 24.0. The molecule has 2 N–H and O–H groups in total. The Morgan fingerprint density at radius 3 is 2.83 bits per heavy atom. The third-order valence-electron chi connectivity index (χ3n) is 4.47. The van der Waals surface area contributed by atoms with Crippen molar-refractivity contribution in [2.24, 2.45) is 0 Å². The number of hydrogen-bond donors (Lipinski definition) is 2. The molecule has 3 rings (SSSR count). The van der Waals surface area contributed by atoms with Crippen molar-refractivity contribution >= 4 is 17.8 Å². The van der Waals surface area contributed by atoms with E-state index in [9.17, 15) is 14.4 Å². The van der Waals surface area contributed by atoms with Crippen LogP contribution in [0.5, 0.6) is 0 Å². The molecule has 1 aromatic heterocycles. The van der Waals surface area contributed by atoms with Crippen molar-refractivity contribution in [2.45, 2.75) is 38.1 Å². The highest BCUT2D eigenvalue weighted by molar-refractivity contribution is 6.08. The van der Waals surface area contributed by atoms with Gasteiger partial charge in [-0.2, -0.15) is 5.10 Å². The molecule has 23 heavy (non-hydrogen) atoms.